The highest BCUT2D eigenvalue weighted by molar-refractivity contribution is 5.67. The van der Waals surface area contributed by atoms with E-state index in [-0.39, 0.29) is 0 Å². The Labute approximate surface area is 111 Å². The molecule has 5 nitrogen and oxygen atoms in total. The number of alkyl carbamates (subject to hydrolysis) is 1. The number of benzene rings is 1. The molecule has 0 radical (unpaired) electrons. The zero-order chi connectivity index (χ0) is 13.5. The average molecular weight is 260 g/mol. The molecule has 5 heteroatoms. The molecule has 0 atom stereocenters. The van der Waals surface area contributed by atoms with Crippen LogP contribution in [0.5, 0.6) is 0 Å². The first-order valence-corrected chi connectivity index (χ1v) is 6.21. The molecule has 0 aliphatic heterocycles. The summed E-state index contributed by atoms with van der Waals surface area (Å²) in [6.07, 6.45) is 0.198. The molecule has 0 saturated heterocycles. The van der Waals surface area contributed by atoms with Crippen LogP contribution in [0.4, 0.5) is 4.79 Å². The summed E-state index contributed by atoms with van der Waals surface area (Å²) in [4.78, 5) is 11.1. The van der Waals surface area contributed by atoms with Gasteiger partial charge in [-0.1, -0.05) is 35.5 Å². The molecule has 0 saturated carbocycles. The number of amides is 1. The van der Waals surface area contributed by atoms with E-state index < -0.39 is 6.09 Å². The van der Waals surface area contributed by atoms with E-state index in [9.17, 15) is 4.79 Å². The lowest BCUT2D eigenvalue weighted by Gasteiger charge is -2.02. The van der Waals surface area contributed by atoms with Gasteiger partial charge in [-0.05, 0) is 6.92 Å². The molecular formula is C14H16N2O3. The van der Waals surface area contributed by atoms with Crippen LogP contribution in [-0.2, 0) is 11.2 Å². The van der Waals surface area contributed by atoms with Crippen LogP contribution in [0.2, 0.25) is 0 Å². The maximum atomic E-state index is 11.1. The van der Waals surface area contributed by atoms with Gasteiger partial charge in [0.15, 0.2) is 5.76 Å². The smallest absolute Gasteiger partial charge is 0.407 e. The van der Waals surface area contributed by atoms with Crippen molar-refractivity contribution in [2.24, 2.45) is 0 Å². The van der Waals surface area contributed by atoms with Gasteiger partial charge >= 0.3 is 6.09 Å². The van der Waals surface area contributed by atoms with Crippen LogP contribution in [0, 0.1) is 0 Å². The third kappa shape index (κ3) is 3.84. The molecule has 1 amide bonds. The highest BCUT2D eigenvalue weighted by atomic mass is 16.5. The van der Waals surface area contributed by atoms with Gasteiger partial charge in [-0.15, -0.1) is 0 Å². The minimum Gasteiger partial charge on any atom is -0.450 e. The Kier molecular flexibility index (Phi) is 4.55. The minimum atomic E-state index is -0.408. The maximum Gasteiger partial charge on any atom is 0.407 e. The summed E-state index contributed by atoms with van der Waals surface area (Å²) in [6, 6.07) is 11.6. The Balaban J connectivity index is 1.86. The van der Waals surface area contributed by atoms with Crippen LogP contribution in [0.25, 0.3) is 11.3 Å². The number of carbonyl (C=O) groups is 1. The van der Waals surface area contributed by atoms with Crippen molar-refractivity contribution in [3.63, 3.8) is 0 Å². The van der Waals surface area contributed by atoms with Crippen molar-refractivity contribution in [2.75, 3.05) is 13.2 Å². The summed E-state index contributed by atoms with van der Waals surface area (Å²) in [5.74, 6) is 0.728. The van der Waals surface area contributed by atoms with Gasteiger partial charge in [0.25, 0.3) is 0 Å². The molecule has 19 heavy (non-hydrogen) atoms. The van der Waals surface area contributed by atoms with Crippen LogP contribution in [0.3, 0.4) is 0 Å². The van der Waals surface area contributed by atoms with Crippen LogP contribution in [0.15, 0.2) is 40.9 Å². The molecule has 0 unspecified atom stereocenters. The molecule has 1 heterocycles. The summed E-state index contributed by atoms with van der Waals surface area (Å²) < 4.78 is 10.0. The Morgan fingerprint density at radius 2 is 2.16 bits per heavy atom. The maximum absolute atomic E-state index is 11.1. The number of nitrogens with one attached hydrogen (secondary N) is 1. The second-order valence-corrected chi connectivity index (χ2v) is 3.95. The van der Waals surface area contributed by atoms with E-state index in [1.165, 1.54) is 0 Å². The molecule has 100 valence electrons. The third-order valence-electron chi connectivity index (χ3n) is 2.54. The van der Waals surface area contributed by atoms with E-state index >= 15 is 0 Å². The fourth-order valence-electron chi connectivity index (χ4n) is 1.64. The van der Waals surface area contributed by atoms with Gasteiger partial charge in [0.05, 0.1) is 12.3 Å². The highest BCUT2D eigenvalue weighted by Crippen LogP contribution is 2.19. The van der Waals surface area contributed by atoms with E-state index in [2.05, 4.69) is 10.5 Å². The van der Waals surface area contributed by atoms with Crippen molar-refractivity contribution in [1.29, 1.82) is 0 Å². The Morgan fingerprint density at radius 1 is 1.37 bits per heavy atom. The third-order valence-corrected chi connectivity index (χ3v) is 2.54. The lowest BCUT2D eigenvalue weighted by molar-refractivity contribution is 0.152. The molecular weight excluding hydrogens is 244 g/mol. The first-order valence-electron chi connectivity index (χ1n) is 6.21. The van der Waals surface area contributed by atoms with E-state index in [1.54, 1.807) is 6.92 Å². The lowest BCUT2D eigenvalue weighted by atomic mass is 10.1. The molecule has 0 fully saturated rings. The van der Waals surface area contributed by atoms with Crippen LogP contribution >= 0.6 is 0 Å². The van der Waals surface area contributed by atoms with Crippen LogP contribution in [-0.4, -0.2) is 24.4 Å². The fraction of sp³-hybridized carbons (Fsp3) is 0.286. The molecule has 2 rings (SSSR count). The van der Waals surface area contributed by atoms with Crippen LogP contribution in [0.1, 0.15) is 12.6 Å². The summed E-state index contributed by atoms with van der Waals surface area (Å²) in [5, 5.41) is 6.61. The monoisotopic (exact) mass is 260 g/mol. The van der Waals surface area contributed by atoms with Gasteiger partial charge in [-0.25, -0.2) is 4.79 Å². The second-order valence-electron chi connectivity index (χ2n) is 3.95. The summed E-state index contributed by atoms with van der Waals surface area (Å²) in [5.41, 5.74) is 1.79. The molecule has 0 aliphatic carbocycles. The van der Waals surface area contributed by atoms with E-state index in [0.29, 0.717) is 19.6 Å². The zero-order valence-corrected chi connectivity index (χ0v) is 10.8. The summed E-state index contributed by atoms with van der Waals surface area (Å²) in [7, 11) is 0. The van der Waals surface area contributed by atoms with Gasteiger partial charge < -0.3 is 14.6 Å². The van der Waals surface area contributed by atoms with Crippen molar-refractivity contribution in [2.45, 2.75) is 13.3 Å². The number of ether oxygens (including phenoxy) is 1. The highest BCUT2D eigenvalue weighted by Gasteiger charge is 2.07. The standard InChI is InChI=1S/C14H16N2O3/c1-2-18-14(17)15-9-8-12-10-13(19-16-12)11-6-4-3-5-7-11/h3-7,10H,2,8-9H2,1H3,(H,15,17). The molecule has 2 aromatic rings. The van der Waals surface area contributed by atoms with Crippen LogP contribution < -0.4 is 5.32 Å². The summed E-state index contributed by atoms with van der Waals surface area (Å²) >= 11 is 0. The second kappa shape index (κ2) is 6.58. The Morgan fingerprint density at radius 3 is 2.89 bits per heavy atom. The quantitative estimate of drug-likeness (QED) is 0.897. The van der Waals surface area contributed by atoms with Crippen molar-refractivity contribution >= 4 is 6.09 Å². The predicted octanol–water partition coefficient (Wildman–Crippen LogP) is 2.63. The zero-order valence-electron chi connectivity index (χ0n) is 10.8. The van der Waals surface area contributed by atoms with Crippen molar-refractivity contribution in [3.8, 4) is 11.3 Å². The van der Waals surface area contributed by atoms with Crippen molar-refractivity contribution < 1.29 is 14.1 Å². The van der Waals surface area contributed by atoms with E-state index in [0.717, 1.165) is 17.0 Å². The largest absolute Gasteiger partial charge is 0.450 e. The normalized spacial score (nSPS) is 10.2. The van der Waals surface area contributed by atoms with Gasteiger partial charge in [0, 0.05) is 24.6 Å². The van der Waals surface area contributed by atoms with Gasteiger partial charge in [0.2, 0.25) is 0 Å². The summed E-state index contributed by atoms with van der Waals surface area (Å²) in [6.45, 7) is 2.61. The lowest BCUT2D eigenvalue weighted by Crippen LogP contribution is -2.26. The topological polar surface area (TPSA) is 64.4 Å². The number of hydrogen-bond donors (Lipinski definition) is 1. The first kappa shape index (κ1) is 13.1. The molecule has 0 spiro atoms. The molecule has 0 aliphatic rings. The number of aromatic nitrogens is 1. The average Bonchev–Trinajstić information content (AvgIpc) is 2.89. The number of carbonyl (C=O) groups excluding carboxylic acids is 1. The molecule has 1 aromatic carbocycles. The molecule has 1 aromatic heterocycles. The van der Waals surface area contributed by atoms with E-state index in [4.69, 9.17) is 9.26 Å². The number of nitrogens with zero attached hydrogens (tertiary/aromatic N) is 1. The van der Waals surface area contributed by atoms with Gasteiger partial charge in [-0.3, -0.25) is 0 Å². The number of rotatable bonds is 5. The first-order chi connectivity index (χ1) is 9.29. The predicted molar refractivity (Wildman–Crippen MR) is 70.7 cm³/mol. The van der Waals surface area contributed by atoms with E-state index in [1.807, 2.05) is 36.4 Å². The SMILES string of the molecule is CCOC(=O)NCCc1cc(-c2ccccc2)on1. The Hall–Kier alpha value is -2.30. The van der Waals surface area contributed by atoms with Crippen molar-refractivity contribution in [1.82, 2.24) is 10.5 Å². The molecule has 0 bridgehead atoms. The minimum absolute atomic E-state index is 0.369. The van der Waals surface area contributed by atoms with Gasteiger partial charge in [-0.2, -0.15) is 0 Å². The fourth-order valence-corrected chi connectivity index (χ4v) is 1.64. The number of hydrogen-bond acceptors (Lipinski definition) is 4. The van der Waals surface area contributed by atoms with Crippen molar-refractivity contribution in [3.05, 3.63) is 42.1 Å². The molecule has 1 N–H and O–H groups in total. The Bertz CT molecular complexity index is 522. The van der Waals surface area contributed by atoms with Gasteiger partial charge in [0.1, 0.15) is 0 Å².